The van der Waals surface area contributed by atoms with Crippen LogP contribution in [0.4, 0.5) is 0 Å². The summed E-state index contributed by atoms with van der Waals surface area (Å²) in [7, 11) is 0. The number of nitrogens with zero attached hydrogens (tertiary/aromatic N) is 3. The van der Waals surface area contributed by atoms with Gasteiger partial charge in [0.05, 0.1) is 0 Å². The average molecular weight is 376 g/mol. The normalized spacial score (nSPS) is 24.6. The molecule has 0 unspecified atom stereocenters. The standard InChI is InChI=1S/C13H15ClIN3/c1-8-2-4-9(5-3-8)13-17-12(15)10-11(14)16-6-7-18(10)13/h6-9H,2-5H2,1H3. The maximum Gasteiger partial charge on any atom is 0.155 e. The van der Waals surface area contributed by atoms with Crippen molar-refractivity contribution in [3.05, 3.63) is 27.1 Å². The van der Waals surface area contributed by atoms with E-state index in [1.807, 2.05) is 6.20 Å². The molecule has 3 rings (SSSR count). The van der Waals surface area contributed by atoms with E-state index in [4.69, 9.17) is 16.6 Å². The van der Waals surface area contributed by atoms with Crippen molar-refractivity contribution in [2.75, 3.05) is 0 Å². The second-order valence-electron chi connectivity index (χ2n) is 5.15. The van der Waals surface area contributed by atoms with Crippen molar-refractivity contribution in [2.45, 2.75) is 38.5 Å². The first kappa shape index (κ1) is 12.7. The molecular weight excluding hydrogens is 361 g/mol. The van der Waals surface area contributed by atoms with Gasteiger partial charge in [0.2, 0.25) is 0 Å². The summed E-state index contributed by atoms with van der Waals surface area (Å²) in [4.78, 5) is 8.86. The van der Waals surface area contributed by atoms with E-state index in [-0.39, 0.29) is 0 Å². The summed E-state index contributed by atoms with van der Waals surface area (Å²) in [6.07, 6.45) is 8.79. The highest BCUT2D eigenvalue weighted by Gasteiger charge is 2.25. The van der Waals surface area contributed by atoms with Gasteiger partial charge in [-0.05, 0) is 41.4 Å². The molecule has 0 atom stereocenters. The minimum absolute atomic E-state index is 0.546. The van der Waals surface area contributed by atoms with E-state index in [2.05, 4.69) is 38.9 Å². The van der Waals surface area contributed by atoms with Gasteiger partial charge in [-0.3, -0.25) is 4.40 Å². The molecule has 2 heterocycles. The van der Waals surface area contributed by atoms with Crippen LogP contribution in [0.5, 0.6) is 0 Å². The Morgan fingerprint density at radius 3 is 2.78 bits per heavy atom. The van der Waals surface area contributed by atoms with E-state index in [9.17, 15) is 0 Å². The third-order valence-electron chi connectivity index (χ3n) is 3.88. The number of hydrogen-bond acceptors (Lipinski definition) is 2. The van der Waals surface area contributed by atoms with Crippen LogP contribution in [0.15, 0.2) is 12.4 Å². The van der Waals surface area contributed by atoms with E-state index >= 15 is 0 Å². The summed E-state index contributed by atoms with van der Waals surface area (Å²) < 4.78 is 3.08. The Labute approximate surface area is 125 Å². The third kappa shape index (κ3) is 2.13. The fraction of sp³-hybridized carbons (Fsp3) is 0.538. The van der Waals surface area contributed by atoms with Gasteiger partial charge in [-0.25, -0.2) is 9.97 Å². The van der Waals surface area contributed by atoms with Crippen LogP contribution in [0.25, 0.3) is 5.52 Å². The zero-order valence-corrected chi connectivity index (χ0v) is 13.1. The number of rotatable bonds is 1. The molecule has 2 aromatic heterocycles. The molecule has 0 N–H and O–H groups in total. The fourth-order valence-electron chi connectivity index (χ4n) is 2.79. The monoisotopic (exact) mass is 375 g/mol. The molecule has 0 saturated heterocycles. The number of imidazole rings is 1. The summed E-state index contributed by atoms with van der Waals surface area (Å²) in [5.41, 5.74) is 0.952. The molecule has 1 saturated carbocycles. The van der Waals surface area contributed by atoms with Crippen molar-refractivity contribution in [2.24, 2.45) is 5.92 Å². The maximum atomic E-state index is 6.16. The lowest BCUT2D eigenvalue weighted by atomic mass is 9.82. The molecular formula is C13H15ClIN3. The lowest BCUT2D eigenvalue weighted by molar-refractivity contribution is 0.339. The van der Waals surface area contributed by atoms with Crippen LogP contribution in [-0.2, 0) is 0 Å². The second-order valence-corrected chi connectivity index (χ2v) is 6.53. The van der Waals surface area contributed by atoms with Crippen LogP contribution >= 0.6 is 34.2 Å². The Morgan fingerprint density at radius 2 is 2.06 bits per heavy atom. The summed E-state index contributed by atoms with van der Waals surface area (Å²) in [6, 6.07) is 0. The van der Waals surface area contributed by atoms with Gasteiger partial charge < -0.3 is 0 Å². The zero-order valence-electron chi connectivity index (χ0n) is 10.2. The molecule has 0 spiro atoms. The molecule has 1 aliphatic rings. The molecule has 0 radical (unpaired) electrons. The topological polar surface area (TPSA) is 30.2 Å². The van der Waals surface area contributed by atoms with Crippen LogP contribution in [0.2, 0.25) is 5.15 Å². The van der Waals surface area contributed by atoms with Crippen molar-refractivity contribution in [3.8, 4) is 0 Å². The fourth-order valence-corrected chi connectivity index (χ4v) is 3.95. The molecule has 0 aromatic carbocycles. The molecule has 0 bridgehead atoms. The summed E-state index contributed by atoms with van der Waals surface area (Å²) in [5.74, 6) is 2.58. The SMILES string of the molecule is CC1CCC(c2nc(I)c3c(Cl)nccn23)CC1. The molecule has 2 aromatic rings. The second kappa shape index (κ2) is 4.96. The van der Waals surface area contributed by atoms with Gasteiger partial charge in [-0.1, -0.05) is 31.4 Å². The minimum Gasteiger partial charge on any atom is -0.298 e. The molecule has 5 heteroatoms. The summed E-state index contributed by atoms with van der Waals surface area (Å²) in [5, 5.41) is 0.546. The Balaban J connectivity index is 2.05. The Kier molecular flexibility index (Phi) is 3.49. The Morgan fingerprint density at radius 1 is 1.33 bits per heavy atom. The minimum atomic E-state index is 0.546. The maximum absolute atomic E-state index is 6.16. The third-order valence-corrected chi connectivity index (χ3v) is 4.90. The first-order valence-corrected chi connectivity index (χ1v) is 7.80. The average Bonchev–Trinajstić information content (AvgIpc) is 2.69. The quantitative estimate of drug-likeness (QED) is 0.696. The number of hydrogen-bond donors (Lipinski definition) is 0. The van der Waals surface area contributed by atoms with Crippen molar-refractivity contribution in [3.63, 3.8) is 0 Å². The molecule has 3 nitrogen and oxygen atoms in total. The number of fused-ring (bicyclic) bond motifs is 1. The van der Waals surface area contributed by atoms with Crippen LogP contribution in [0.1, 0.15) is 44.3 Å². The largest absolute Gasteiger partial charge is 0.298 e. The number of halogens is 2. The van der Waals surface area contributed by atoms with E-state index in [1.54, 1.807) is 6.20 Å². The Hall–Kier alpha value is -0.360. The molecule has 1 aliphatic carbocycles. The van der Waals surface area contributed by atoms with Crippen LogP contribution in [0.3, 0.4) is 0 Å². The van der Waals surface area contributed by atoms with Gasteiger partial charge in [-0.15, -0.1) is 0 Å². The van der Waals surface area contributed by atoms with Crippen LogP contribution in [0, 0.1) is 9.62 Å². The lowest BCUT2D eigenvalue weighted by Gasteiger charge is -2.25. The number of aromatic nitrogens is 3. The Bertz CT molecular complexity index is 573. The molecule has 18 heavy (non-hydrogen) atoms. The van der Waals surface area contributed by atoms with E-state index in [0.717, 1.165) is 21.0 Å². The summed E-state index contributed by atoms with van der Waals surface area (Å²) in [6.45, 7) is 2.34. The summed E-state index contributed by atoms with van der Waals surface area (Å²) >= 11 is 8.41. The van der Waals surface area contributed by atoms with Gasteiger partial charge >= 0.3 is 0 Å². The first-order valence-electron chi connectivity index (χ1n) is 6.34. The van der Waals surface area contributed by atoms with E-state index in [1.165, 1.54) is 25.7 Å². The molecule has 0 amide bonds. The van der Waals surface area contributed by atoms with Gasteiger partial charge in [0.15, 0.2) is 5.15 Å². The predicted octanol–water partition coefficient (Wildman–Crippen LogP) is 4.28. The van der Waals surface area contributed by atoms with Gasteiger partial charge in [0, 0.05) is 18.3 Å². The van der Waals surface area contributed by atoms with Crippen molar-refractivity contribution in [1.82, 2.24) is 14.4 Å². The van der Waals surface area contributed by atoms with Crippen molar-refractivity contribution < 1.29 is 0 Å². The predicted molar refractivity (Wildman–Crippen MR) is 81.1 cm³/mol. The van der Waals surface area contributed by atoms with Gasteiger partial charge in [0.1, 0.15) is 15.0 Å². The molecule has 96 valence electrons. The van der Waals surface area contributed by atoms with Gasteiger partial charge in [-0.2, -0.15) is 0 Å². The van der Waals surface area contributed by atoms with E-state index in [0.29, 0.717) is 11.1 Å². The highest BCUT2D eigenvalue weighted by molar-refractivity contribution is 14.1. The van der Waals surface area contributed by atoms with Crippen molar-refractivity contribution >= 4 is 39.7 Å². The highest BCUT2D eigenvalue weighted by atomic mass is 127. The zero-order chi connectivity index (χ0) is 12.7. The first-order chi connectivity index (χ1) is 8.66. The van der Waals surface area contributed by atoms with E-state index < -0.39 is 0 Å². The molecule has 0 aliphatic heterocycles. The van der Waals surface area contributed by atoms with Crippen LogP contribution in [-0.4, -0.2) is 14.4 Å². The van der Waals surface area contributed by atoms with Crippen molar-refractivity contribution in [1.29, 1.82) is 0 Å². The highest BCUT2D eigenvalue weighted by Crippen LogP contribution is 2.36. The molecule has 1 fully saturated rings. The van der Waals surface area contributed by atoms with Gasteiger partial charge in [0.25, 0.3) is 0 Å². The lowest BCUT2D eigenvalue weighted by Crippen LogP contribution is -2.13. The smallest absolute Gasteiger partial charge is 0.155 e. The van der Waals surface area contributed by atoms with Crippen LogP contribution < -0.4 is 0 Å².